The summed E-state index contributed by atoms with van der Waals surface area (Å²) in [5.74, 6) is -1.18. The van der Waals surface area contributed by atoms with Gasteiger partial charge in [-0.1, -0.05) is 13.0 Å². The Balaban J connectivity index is 2.10. The maximum absolute atomic E-state index is 12.8. The van der Waals surface area contributed by atoms with E-state index in [4.69, 9.17) is 5.73 Å². The number of nitrogens with zero attached hydrogens (tertiary/aromatic N) is 2. The molecule has 1 fully saturated rings. The lowest BCUT2D eigenvalue weighted by atomic mass is 9.92. The lowest BCUT2D eigenvalue weighted by molar-refractivity contribution is -0.186. The van der Waals surface area contributed by atoms with Gasteiger partial charge in [0.15, 0.2) is 0 Å². The second-order valence-corrected chi connectivity index (χ2v) is 5.62. The fraction of sp³-hybridized carbons (Fsp3) is 0.667. The van der Waals surface area contributed by atoms with E-state index in [-0.39, 0.29) is 24.9 Å². The van der Waals surface area contributed by atoms with Crippen molar-refractivity contribution in [3.63, 3.8) is 0 Å². The molecular formula is C15H22F3N3. The molecule has 0 amide bonds. The largest absolute Gasteiger partial charge is 0.391 e. The molecule has 1 saturated heterocycles. The molecule has 1 aliphatic rings. The first-order valence-corrected chi connectivity index (χ1v) is 7.40. The highest BCUT2D eigenvalue weighted by Gasteiger charge is 2.42. The summed E-state index contributed by atoms with van der Waals surface area (Å²) in [5.41, 5.74) is 7.04. The number of pyridine rings is 1. The predicted octanol–water partition coefficient (Wildman–Crippen LogP) is 3.13. The van der Waals surface area contributed by atoms with Gasteiger partial charge in [-0.3, -0.25) is 9.88 Å². The molecule has 0 saturated carbocycles. The van der Waals surface area contributed by atoms with Crippen LogP contribution in [0, 0.1) is 5.92 Å². The van der Waals surface area contributed by atoms with Crippen molar-refractivity contribution in [2.24, 2.45) is 11.7 Å². The van der Waals surface area contributed by atoms with Crippen LogP contribution in [0.4, 0.5) is 13.2 Å². The highest BCUT2D eigenvalue weighted by atomic mass is 19.4. The van der Waals surface area contributed by atoms with Gasteiger partial charge in [-0.25, -0.2) is 0 Å². The molecule has 0 aliphatic carbocycles. The van der Waals surface area contributed by atoms with Gasteiger partial charge in [-0.2, -0.15) is 13.2 Å². The van der Waals surface area contributed by atoms with E-state index in [1.54, 1.807) is 6.20 Å². The molecule has 0 aromatic carbocycles. The molecule has 1 aromatic heterocycles. The van der Waals surface area contributed by atoms with E-state index in [1.165, 1.54) is 0 Å². The predicted molar refractivity (Wildman–Crippen MR) is 75.6 cm³/mol. The van der Waals surface area contributed by atoms with Crippen LogP contribution < -0.4 is 5.73 Å². The zero-order valence-corrected chi connectivity index (χ0v) is 12.2. The van der Waals surface area contributed by atoms with Crippen molar-refractivity contribution in [3.05, 3.63) is 30.1 Å². The minimum Gasteiger partial charge on any atom is -0.326 e. The third-order valence-corrected chi connectivity index (χ3v) is 4.25. The van der Waals surface area contributed by atoms with Crippen molar-refractivity contribution in [2.75, 3.05) is 13.1 Å². The van der Waals surface area contributed by atoms with E-state index in [0.717, 1.165) is 12.1 Å². The van der Waals surface area contributed by atoms with Crippen LogP contribution in [-0.4, -0.2) is 35.2 Å². The van der Waals surface area contributed by atoms with Gasteiger partial charge < -0.3 is 5.73 Å². The highest BCUT2D eigenvalue weighted by molar-refractivity contribution is 5.12. The SMILES string of the molecule is CCC(N)C(c1ccccn1)N1CCC(C(F)(F)F)CC1. The molecular weight excluding hydrogens is 279 g/mol. The maximum atomic E-state index is 12.8. The number of aromatic nitrogens is 1. The van der Waals surface area contributed by atoms with Crippen molar-refractivity contribution in [3.8, 4) is 0 Å². The molecule has 3 nitrogen and oxygen atoms in total. The van der Waals surface area contributed by atoms with Crippen LogP contribution in [0.3, 0.4) is 0 Å². The van der Waals surface area contributed by atoms with Crippen molar-refractivity contribution < 1.29 is 13.2 Å². The first-order valence-electron chi connectivity index (χ1n) is 7.40. The number of likely N-dealkylation sites (tertiary alicyclic amines) is 1. The van der Waals surface area contributed by atoms with Gasteiger partial charge in [-0.05, 0) is 44.5 Å². The minimum atomic E-state index is -4.08. The van der Waals surface area contributed by atoms with Crippen molar-refractivity contribution in [1.29, 1.82) is 0 Å². The monoisotopic (exact) mass is 301 g/mol. The molecule has 2 unspecified atom stereocenters. The summed E-state index contributed by atoms with van der Waals surface area (Å²) >= 11 is 0. The molecule has 2 N–H and O–H groups in total. The highest BCUT2D eigenvalue weighted by Crippen LogP contribution is 2.36. The van der Waals surface area contributed by atoms with Crippen LogP contribution >= 0.6 is 0 Å². The average molecular weight is 301 g/mol. The summed E-state index contributed by atoms with van der Waals surface area (Å²) in [4.78, 5) is 6.40. The number of piperidine rings is 1. The zero-order chi connectivity index (χ0) is 15.5. The number of alkyl halides is 3. The summed E-state index contributed by atoms with van der Waals surface area (Å²) in [7, 11) is 0. The van der Waals surface area contributed by atoms with E-state index >= 15 is 0 Å². The summed E-state index contributed by atoms with van der Waals surface area (Å²) < 4.78 is 38.3. The number of rotatable bonds is 4. The van der Waals surface area contributed by atoms with Gasteiger partial charge in [-0.15, -0.1) is 0 Å². The second-order valence-electron chi connectivity index (χ2n) is 5.62. The van der Waals surface area contributed by atoms with Crippen LogP contribution in [0.1, 0.15) is 37.9 Å². The quantitative estimate of drug-likeness (QED) is 0.929. The summed E-state index contributed by atoms with van der Waals surface area (Å²) in [5, 5.41) is 0. The molecule has 2 heterocycles. The topological polar surface area (TPSA) is 42.1 Å². The molecule has 0 bridgehead atoms. The Morgan fingerprint density at radius 2 is 2.00 bits per heavy atom. The normalized spacial score (nSPS) is 21.2. The van der Waals surface area contributed by atoms with E-state index < -0.39 is 12.1 Å². The van der Waals surface area contributed by atoms with Gasteiger partial charge in [0.05, 0.1) is 17.7 Å². The Kier molecular flexibility index (Phi) is 5.22. The molecule has 1 aliphatic heterocycles. The Hall–Kier alpha value is -1.14. The second kappa shape index (κ2) is 6.75. The maximum Gasteiger partial charge on any atom is 0.391 e. The fourth-order valence-electron chi connectivity index (χ4n) is 2.96. The fourth-order valence-corrected chi connectivity index (χ4v) is 2.96. The molecule has 21 heavy (non-hydrogen) atoms. The van der Waals surface area contributed by atoms with E-state index in [9.17, 15) is 13.2 Å². The van der Waals surface area contributed by atoms with Crippen molar-refractivity contribution in [2.45, 2.75) is 44.4 Å². The molecule has 118 valence electrons. The molecule has 6 heteroatoms. The first-order chi connectivity index (χ1) is 9.93. The number of hydrogen-bond donors (Lipinski definition) is 1. The molecule has 2 rings (SSSR count). The van der Waals surface area contributed by atoms with Gasteiger partial charge in [0.25, 0.3) is 0 Å². The van der Waals surface area contributed by atoms with Gasteiger partial charge in [0, 0.05) is 12.2 Å². The first kappa shape index (κ1) is 16.2. The Morgan fingerprint density at radius 1 is 1.33 bits per heavy atom. The minimum absolute atomic E-state index is 0.106. The lowest BCUT2D eigenvalue weighted by Gasteiger charge is -2.40. The number of hydrogen-bond acceptors (Lipinski definition) is 3. The molecule has 1 aromatic rings. The van der Waals surface area contributed by atoms with Gasteiger partial charge in [0.1, 0.15) is 0 Å². The van der Waals surface area contributed by atoms with Crippen LogP contribution in [0.5, 0.6) is 0 Å². The molecule has 0 radical (unpaired) electrons. The zero-order valence-electron chi connectivity index (χ0n) is 12.2. The standard InChI is InChI=1S/C15H22F3N3/c1-2-12(19)14(13-5-3-4-8-20-13)21-9-6-11(7-10-21)15(16,17)18/h3-5,8,11-12,14H,2,6-7,9-10,19H2,1H3. The van der Waals surface area contributed by atoms with Gasteiger partial charge in [0.2, 0.25) is 0 Å². The Labute approximate surface area is 123 Å². The summed E-state index contributed by atoms with van der Waals surface area (Å²) in [6, 6.07) is 5.39. The van der Waals surface area contributed by atoms with Crippen molar-refractivity contribution in [1.82, 2.24) is 9.88 Å². The third-order valence-electron chi connectivity index (χ3n) is 4.25. The lowest BCUT2D eigenvalue weighted by Crippen LogP contribution is -2.46. The van der Waals surface area contributed by atoms with E-state index in [2.05, 4.69) is 9.88 Å². The van der Waals surface area contributed by atoms with Crippen LogP contribution in [0.15, 0.2) is 24.4 Å². The number of nitrogens with two attached hydrogens (primary N) is 1. The summed E-state index contributed by atoms with van der Waals surface area (Å²) in [6.07, 6.45) is -1.33. The van der Waals surface area contributed by atoms with Crippen LogP contribution in [0.25, 0.3) is 0 Å². The van der Waals surface area contributed by atoms with Crippen LogP contribution in [0.2, 0.25) is 0 Å². The Bertz CT molecular complexity index is 428. The van der Waals surface area contributed by atoms with E-state index in [1.807, 2.05) is 25.1 Å². The van der Waals surface area contributed by atoms with Gasteiger partial charge >= 0.3 is 6.18 Å². The smallest absolute Gasteiger partial charge is 0.326 e. The third kappa shape index (κ3) is 3.95. The average Bonchev–Trinajstić information content (AvgIpc) is 2.48. The van der Waals surface area contributed by atoms with E-state index in [0.29, 0.717) is 13.1 Å². The van der Waals surface area contributed by atoms with Crippen molar-refractivity contribution >= 4 is 0 Å². The van der Waals surface area contributed by atoms with Crippen LogP contribution in [-0.2, 0) is 0 Å². The Morgan fingerprint density at radius 3 is 2.48 bits per heavy atom. The molecule has 0 spiro atoms. The number of halogens is 3. The molecule has 2 atom stereocenters. The summed E-state index contributed by atoms with van der Waals surface area (Å²) in [6.45, 7) is 2.82.